The molecule has 1 amide bonds. The molecule has 1 aliphatic rings. The molecule has 1 atom stereocenters. The van der Waals surface area contributed by atoms with Gasteiger partial charge in [-0.25, -0.2) is 0 Å². The highest BCUT2D eigenvalue weighted by atomic mass is 35.5. The minimum atomic E-state index is 0. The van der Waals surface area contributed by atoms with E-state index in [4.69, 9.17) is 5.73 Å². The molecular weight excluding hydrogens is 272 g/mol. The molecule has 0 bridgehead atoms. The van der Waals surface area contributed by atoms with Gasteiger partial charge in [-0.2, -0.15) is 0 Å². The zero-order chi connectivity index (χ0) is 13.8. The van der Waals surface area contributed by atoms with Crippen molar-refractivity contribution < 1.29 is 4.79 Å². The predicted molar refractivity (Wildman–Crippen MR) is 86.2 cm³/mol. The Bertz CT molecular complexity index is 448. The van der Waals surface area contributed by atoms with Gasteiger partial charge in [-0.05, 0) is 43.2 Å². The summed E-state index contributed by atoms with van der Waals surface area (Å²) in [5.74, 6) is 1.43. The number of halogens is 1. The van der Waals surface area contributed by atoms with Gasteiger partial charge in [0, 0.05) is 18.8 Å². The summed E-state index contributed by atoms with van der Waals surface area (Å²) in [4.78, 5) is 14.5. The van der Waals surface area contributed by atoms with Gasteiger partial charge < -0.3 is 10.6 Å². The van der Waals surface area contributed by atoms with Crippen LogP contribution in [-0.4, -0.2) is 23.9 Å². The normalized spacial score (nSPS) is 18.8. The van der Waals surface area contributed by atoms with Crippen molar-refractivity contribution in [3.63, 3.8) is 0 Å². The van der Waals surface area contributed by atoms with Gasteiger partial charge in [0.25, 0.3) is 5.91 Å². The third kappa shape index (κ3) is 4.14. The van der Waals surface area contributed by atoms with Crippen molar-refractivity contribution >= 4 is 24.0 Å². The highest BCUT2D eigenvalue weighted by molar-refractivity contribution is 5.99. The van der Waals surface area contributed by atoms with Crippen molar-refractivity contribution in [1.29, 1.82) is 0 Å². The van der Waals surface area contributed by atoms with E-state index < -0.39 is 0 Å². The van der Waals surface area contributed by atoms with Crippen LogP contribution in [0.2, 0.25) is 0 Å². The van der Waals surface area contributed by atoms with Gasteiger partial charge in [0.1, 0.15) is 0 Å². The molecule has 20 heavy (non-hydrogen) atoms. The molecule has 3 nitrogen and oxygen atoms in total. The summed E-state index contributed by atoms with van der Waals surface area (Å²) < 4.78 is 0. The van der Waals surface area contributed by atoms with E-state index in [0.29, 0.717) is 23.1 Å². The zero-order valence-electron chi connectivity index (χ0n) is 12.3. The number of hydrogen-bond donors (Lipinski definition) is 1. The third-order valence-corrected chi connectivity index (χ3v) is 3.80. The summed E-state index contributed by atoms with van der Waals surface area (Å²) in [7, 11) is 0. The molecule has 1 aromatic rings. The number of rotatable bonds is 3. The Balaban J connectivity index is 0.00000200. The number of anilines is 1. The van der Waals surface area contributed by atoms with E-state index in [-0.39, 0.29) is 18.3 Å². The fourth-order valence-corrected chi connectivity index (χ4v) is 2.97. The number of hydrogen-bond acceptors (Lipinski definition) is 2. The molecule has 0 aromatic heterocycles. The summed E-state index contributed by atoms with van der Waals surface area (Å²) in [5.41, 5.74) is 7.12. The van der Waals surface area contributed by atoms with Gasteiger partial charge >= 0.3 is 0 Å². The van der Waals surface area contributed by atoms with E-state index in [2.05, 4.69) is 13.8 Å². The van der Waals surface area contributed by atoms with Crippen molar-refractivity contribution in [3.8, 4) is 0 Å². The lowest BCUT2D eigenvalue weighted by atomic mass is 9.89. The number of nitrogens with zero attached hydrogens (tertiary/aromatic N) is 1. The Morgan fingerprint density at radius 1 is 1.40 bits per heavy atom. The van der Waals surface area contributed by atoms with E-state index in [9.17, 15) is 4.79 Å². The van der Waals surface area contributed by atoms with E-state index in [1.165, 1.54) is 12.8 Å². The number of para-hydroxylation sites is 1. The van der Waals surface area contributed by atoms with Crippen LogP contribution in [0.15, 0.2) is 24.3 Å². The Kier molecular flexibility index (Phi) is 6.34. The second-order valence-electron chi connectivity index (χ2n) is 5.98. The van der Waals surface area contributed by atoms with Crippen LogP contribution in [0.25, 0.3) is 0 Å². The molecule has 1 unspecified atom stereocenters. The summed E-state index contributed by atoms with van der Waals surface area (Å²) in [6.45, 7) is 6.24. The van der Waals surface area contributed by atoms with Crippen LogP contribution in [0.4, 0.5) is 5.69 Å². The number of likely N-dealkylation sites (tertiary alicyclic amines) is 1. The number of carbonyl (C=O) groups excluding carboxylic acids is 1. The largest absolute Gasteiger partial charge is 0.398 e. The monoisotopic (exact) mass is 296 g/mol. The van der Waals surface area contributed by atoms with Gasteiger partial charge in [-0.3, -0.25) is 4.79 Å². The van der Waals surface area contributed by atoms with Crippen LogP contribution in [0.3, 0.4) is 0 Å². The Morgan fingerprint density at radius 2 is 2.10 bits per heavy atom. The maximum Gasteiger partial charge on any atom is 0.255 e. The van der Waals surface area contributed by atoms with Crippen LogP contribution < -0.4 is 5.73 Å². The maximum atomic E-state index is 12.5. The zero-order valence-corrected chi connectivity index (χ0v) is 13.2. The molecule has 1 aromatic carbocycles. The number of carbonyl (C=O) groups is 1. The summed E-state index contributed by atoms with van der Waals surface area (Å²) >= 11 is 0. The fourth-order valence-electron chi connectivity index (χ4n) is 2.97. The van der Waals surface area contributed by atoms with Crippen LogP contribution in [-0.2, 0) is 0 Å². The predicted octanol–water partition coefficient (Wildman–Crippen LogP) is 3.59. The Labute approximate surface area is 127 Å². The average Bonchev–Trinajstić information content (AvgIpc) is 2.38. The van der Waals surface area contributed by atoms with Gasteiger partial charge in [-0.15, -0.1) is 12.4 Å². The molecule has 0 spiro atoms. The highest BCUT2D eigenvalue weighted by Gasteiger charge is 2.25. The molecule has 1 heterocycles. The second-order valence-corrected chi connectivity index (χ2v) is 5.98. The summed E-state index contributed by atoms with van der Waals surface area (Å²) in [6.07, 6.45) is 3.55. The molecule has 0 aliphatic carbocycles. The average molecular weight is 297 g/mol. The Morgan fingerprint density at radius 3 is 2.75 bits per heavy atom. The van der Waals surface area contributed by atoms with E-state index >= 15 is 0 Å². The first-order chi connectivity index (χ1) is 9.08. The molecule has 4 heteroatoms. The van der Waals surface area contributed by atoms with Crippen LogP contribution in [0, 0.1) is 11.8 Å². The second kappa shape index (κ2) is 7.53. The number of nitrogens with two attached hydrogens (primary N) is 1. The minimum absolute atomic E-state index is 0. The van der Waals surface area contributed by atoms with E-state index in [1.54, 1.807) is 6.07 Å². The molecule has 1 saturated heterocycles. The van der Waals surface area contributed by atoms with Gasteiger partial charge in [-0.1, -0.05) is 26.0 Å². The quantitative estimate of drug-likeness (QED) is 0.867. The molecule has 1 aliphatic heterocycles. The van der Waals surface area contributed by atoms with Crippen molar-refractivity contribution in [3.05, 3.63) is 29.8 Å². The molecule has 2 rings (SSSR count). The molecular formula is C16H25ClN2O. The minimum Gasteiger partial charge on any atom is -0.398 e. The molecule has 1 fully saturated rings. The number of nitrogen functional groups attached to an aromatic ring is 1. The van der Waals surface area contributed by atoms with Crippen LogP contribution >= 0.6 is 12.4 Å². The van der Waals surface area contributed by atoms with Gasteiger partial charge in [0.2, 0.25) is 0 Å². The number of benzene rings is 1. The lowest BCUT2D eigenvalue weighted by Crippen LogP contribution is -2.40. The molecule has 2 N–H and O–H groups in total. The van der Waals surface area contributed by atoms with Crippen LogP contribution in [0.5, 0.6) is 0 Å². The topological polar surface area (TPSA) is 46.3 Å². The standard InChI is InChI=1S/C16H24N2O.ClH/c1-12(2)10-13-6-5-9-18(11-13)16(19)14-7-3-4-8-15(14)17;/h3-4,7-8,12-13H,5-6,9-11,17H2,1-2H3;1H. The summed E-state index contributed by atoms with van der Waals surface area (Å²) in [6, 6.07) is 7.36. The molecule has 0 saturated carbocycles. The maximum absolute atomic E-state index is 12.5. The number of amides is 1. The van der Waals surface area contributed by atoms with Crippen LogP contribution in [0.1, 0.15) is 43.5 Å². The molecule has 0 radical (unpaired) electrons. The lowest BCUT2D eigenvalue weighted by molar-refractivity contribution is 0.0660. The summed E-state index contributed by atoms with van der Waals surface area (Å²) in [5, 5.41) is 0. The highest BCUT2D eigenvalue weighted by Crippen LogP contribution is 2.25. The third-order valence-electron chi connectivity index (χ3n) is 3.80. The first-order valence-corrected chi connectivity index (χ1v) is 7.21. The fraction of sp³-hybridized carbons (Fsp3) is 0.562. The van der Waals surface area contributed by atoms with Gasteiger partial charge in [0.15, 0.2) is 0 Å². The van der Waals surface area contributed by atoms with Crippen molar-refractivity contribution in [1.82, 2.24) is 4.90 Å². The van der Waals surface area contributed by atoms with Crippen molar-refractivity contribution in [2.24, 2.45) is 11.8 Å². The van der Waals surface area contributed by atoms with E-state index in [0.717, 1.165) is 19.5 Å². The lowest BCUT2D eigenvalue weighted by Gasteiger charge is -2.33. The number of piperidine rings is 1. The molecule has 112 valence electrons. The smallest absolute Gasteiger partial charge is 0.255 e. The van der Waals surface area contributed by atoms with Gasteiger partial charge in [0.05, 0.1) is 5.56 Å². The van der Waals surface area contributed by atoms with Crippen molar-refractivity contribution in [2.45, 2.75) is 33.1 Å². The first kappa shape index (κ1) is 16.8. The van der Waals surface area contributed by atoms with Crippen molar-refractivity contribution in [2.75, 3.05) is 18.8 Å². The first-order valence-electron chi connectivity index (χ1n) is 7.21. The Hall–Kier alpha value is -1.22. The van der Waals surface area contributed by atoms with E-state index in [1.807, 2.05) is 23.1 Å². The SMILES string of the molecule is CC(C)CC1CCCN(C(=O)c2ccccc2N)C1.Cl.